The van der Waals surface area contributed by atoms with Gasteiger partial charge in [-0.2, -0.15) is 0 Å². The highest BCUT2D eigenvalue weighted by molar-refractivity contribution is 5.40. The molecule has 0 fully saturated rings. The first kappa shape index (κ1) is 12.3. The fourth-order valence-corrected chi connectivity index (χ4v) is 1.29. The Labute approximate surface area is 95.6 Å². The summed E-state index contributed by atoms with van der Waals surface area (Å²) in [5.74, 6) is 6.06. The summed E-state index contributed by atoms with van der Waals surface area (Å²) in [6.45, 7) is 2.16. The predicted octanol–water partition coefficient (Wildman–Crippen LogP) is 3.53. The molecule has 0 bridgehead atoms. The molecule has 3 nitrogen and oxygen atoms in total. The van der Waals surface area contributed by atoms with Crippen LogP contribution < -0.4 is 0 Å². The molecule has 84 valence electrons. The van der Waals surface area contributed by atoms with Crippen molar-refractivity contribution in [1.29, 1.82) is 0 Å². The molecule has 0 aliphatic carbocycles. The molecule has 0 N–H and O–H groups in total. The van der Waals surface area contributed by atoms with Crippen LogP contribution in [0.3, 0.4) is 0 Å². The van der Waals surface area contributed by atoms with Crippen molar-refractivity contribution >= 4 is 5.69 Å². The second-order valence-electron chi connectivity index (χ2n) is 3.56. The number of rotatable bonds is 4. The maximum atomic E-state index is 10.4. The second kappa shape index (κ2) is 6.62. The number of non-ortho nitro benzene ring substituents is 1. The molecule has 0 aliphatic rings. The van der Waals surface area contributed by atoms with Crippen molar-refractivity contribution in [3.05, 3.63) is 39.9 Å². The molecule has 0 saturated heterocycles. The average molecular weight is 217 g/mol. The third-order valence-electron chi connectivity index (χ3n) is 2.22. The number of nitrogens with zero attached hydrogens (tertiary/aromatic N) is 1. The SMILES string of the molecule is CCCCCC#Cc1ccc([N+](=O)[O-])cc1. The molecule has 3 heteroatoms. The highest BCUT2D eigenvalue weighted by Gasteiger charge is 2.01. The van der Waals surface area contributed by atoms with E-state index in [9.17, 15) is 10.1 Å². The standard InChI is InChI=1S/C13H15NO2/c1-2-3-4-5-6-7-12-8-10-13(11-9-12)14(15)16/h8-11H,2-5H2,1H3. The fraction of sp³-hybridized carbons (Fsp3) is 0.385. The molecule has 0 spiro atoms. The summed E-state index contributed by atoms with van der Waals surface area (Å²) < 4.78 is 0. The lowest BCUT2D eigenvalue weighted by atomic mass is 10.2. The number of unbranched alkanes of at least 4 members (excludes halogenated alkanes) is 3. The minimum absolute atomic E-state index is 0.108. The highest BCUT2D eigenvalue weighted by Crippen LogP contribution is 2.11. The van der Waals surface area contributed by atoms with Gasteiger partial charge in [-0.05, 0) is 18.6 Å². The topological polar surface area (TPSA) is 43.1 Å². The first-order valence-electron chi connectivity index (χ1n) is 5.47. The number of hydrogen-bond acceptors (Lipinski definition) is 2. The zero-order valence-electron chi connectivity index (χ0n) is 9.40. The van der Waals surface area contributed by atoms with Gasteiger partial charge in [-0.25, -0.2) is 0 Å². The molecular weight excluding hydrogens is 202 g/mol. The van der Waals surface area contributed by atoms with Crippen molar-refractivity contribution in [3.8, 4) is 11.8 Å². The minimum atomic E-state index is -0.404. The van der Waals surface area contributed by atoms with Gasteiger partial charge in [0.05, 0.1) is 4.92 Å². The highest BCUT2D eigenvalue weighted by atomic mass is 16.6. The number of benzene rings is 1. The molecule has 16 heavy (non-hydrogen) atoms. The summed E-state index contributed by atoms with van der Waals surface area (Å²) in [6.07, 6.45) is 4.41. The van der Waals surface area contributed by atoms with E-state index in [4.69, 9.17) is 0 Å². The van der Waals surface area contributed by atoms with Crippen LogP contribution in [0.5, 0.6) is 0 Å². The molecule has 0 heterocycles. The Balaban J connectivity index is 2.51. The third kappa shape index (κ3) is 4.14. The Morgan fingerprint density at radius 3 is 2.50 bits per heavy atom. The van der Waals surface area contributed by atoms with E-state index in [1.807, 2.05) is 0 Å². The Kier molecular flexibility index (Phi) is 5.07. The van der Waals surface area contributed by atoms with E-state index in [0.29, 0.717) is 0 Å². The van der Waals surface area contributed by atoms with Gasteiger partial charge in [-0.15, -0.1) is 0 Å². The first-order valence-corrected chi connectivity index (χ1v) is 5.47. The Hall–Kier alpha value is -1.82. The van der Waals surface area contributed by atoms with Gasteiger partial charge in [0.1, 0.15) is 0 Å². The summed E-state index contributed by atoms with van der Waals surface area (Å²) in [6, 6.07) is 6.34. The van der Waals surface area contributed by atoms with E-state index in [1.165, 1.54) is 25.0 Å². The normalized spacial score (nSPS) is 9.31. The van der Waals surface area contributed by atoms with Crippen LogP contribution in [-0.2, 0) is 0 Å². The lowest BCUT2D eigenvalue weighted by molar-refractivity contribution is -0.384. The molecule has 0 atom stereocenters. The van der Waals surface area contributed by atoms with Crippen molar-refractivity contribution in [1.82, 2.24) is 0 Å². The monoisotopic (exact) mass is 217 g/mol. The largest absolute Gasteiger partial charge is 0.269 e. The molecule has 0 aromatic heterocycles. The average Bonchev–Trinajstić information content (AvgIpc) is 2.29. The van der Waals surface area contributed by atoms with Crippen LogP contribution in [0.2, 0.25) is 0 Å². The maximum absolute atomic E-state index is 10.4. The molecule has 0 amide bonds. The molecule has 0 aliphatic heterocycles. The molecule has 1 aromatic rings. The summed E-state index contributed by atoms with van der Waals surface area (Å²) in [7, 11) is 0. The summed E-state index contributed by atoms with van der Waals surface area (Å²) >= 11 is 0. The molecule has 1 rings (SSSR count). The van der Waals surface area contributed by atoms with Gasteiger partial charge in [0.15, 0.2) is 0 Å². The molecule has 0 radical (unpaired) electrons. The second-order valence-corrected chi connectivity index (χ2v) is 3.56. The van der Waals surface area contributed by atoms with E-state index in [0.717, 1.165) is 18.4 Å². The summed E-state index contributed by atoms with van der Waals surface area (Å²) in [5, 5.41) is 10.4. The third-order valence-corrected chi connectivity index (χ3v) is 2.22. The number of nitro groups is 1. The lowest BCUT2D eigenvalue weighted by Crippen LogP contribution is -1.86. The van der Waals surface area contributed by atoms with Gasteiger partial charge in [0.2, 0.25) is 0 Å². The number of hydrogen-bond donors (Lipinski definition) is 0. The van der Waals surface area contributed by atoms with Gasteiger partial charge in [0, 0.05) is 24.1 Å². The fourth-order valence-electron chi connectivity index (χ4n) is 1.29. The van der Waals surface area contributed by atoms with Crippen molar-refractivity contribution in [2.75, 3.05) is 0 Å². The summed E-state index contributed by atoms with van der Waals surface area (Å²) in [5.41, 5.74) is 0.943. The van der Waals surface area contributed by atoms with Crippen molar-refractivity contribution in [2.24, 2.45) is 0 Å². The van der Waals surface area contributed by atoms with Gasteiger partial charge in [-0.1, -0.05) is 31.6 Å². The van der Waals surface area contributed by atoms with Gasteiger partial charge in [0.25, 0.3) is 5.69 Å². The van der Waals surface area contributed by atoms with Crippen LogP contribution >= 0.6 is 0 Å². The number of nitro benzene ring substituents is 1. The maximum Gasteiger partial charge on any atom is 0.269 e. The van der Waals surface area contributed by atoms with Crippen LogP contribution in [0, 0.1) is 22.0 Å². The Morgan fingerprint density at radius 1 is 1.25 bits per heavy atom. The van der Waals surface area contributed by atoms with E-state index < -0.39 is 4.92 Å². The molecule has 0 unspecified atom stereocenters. The van der Waals surface area contributed by atoms with Gasteiger partial charge < -0.3 is 0 Å². The quantitative estimate of drug-likeness (QED) is 0.335. The van der Waals surface area contributed by atoms with Crippen molar-refractivity contribution in [2.45, 2.75) is 32.6 Å². The first-order chi connectivity index (χ1) is 7.74. The zero-order chi connectivity index (χ0) is 11.8. The van der Waals surface area contributed by atoms with Crippen LogP contribution in [0.1, 0.15) is 38.2 Å². The van der Waals surface area contributed by atoms with Crippen LogP contribution in [0.4, 0.5) is 5.69 Å². The minimum Gasteiger partial charge on any atom is -0.258 e. The van der Waals surface area contributed by atoms with Crippen LogP contribution in [0.15, 0.2) is 24.3 Å². The molecule has 1 aromatic carbocycles. The van der Waals surface area contributed by atoms with E-state index in [2.05, 4.69) is 18.8 Å². The predicted molar refractivity (Wildman–Crippen MR) is 64.1 cm³/mol. The zero-order valence-corrected chi connectivity index (χ0v) is 9.40. The van der Waals surface area contributed by atoms with Gasteiger partial charge >= 0.3 is 0 Å². The molecular formula is C13H15NO2. The Morgan fingerprint density at radius 2 is 1.94 bits per heavy atom. The molecule has 0 saturated carbocycles. The Bertz CT molecular complexity index is 398. The summed E-state index contributed by atoms with van der Waals surface area (Å²) in [4.78, 5) is 10.0. The van der Waals surface area contributed by atoms with E-state index in [-0.39, 0.29) is 5.69 Å². The van der Waals surface area contributed by atoms with Crippen molar-refractivity contribution < 1.29 is 4.92 Å². The van der Waals surface area contributed by atoms with Crippen molar-refractivity contribution in [3.63, 3.8) is 0 Å². The van der Waals surface area contributed by atoms with Gasteiger partial charge in [-0.3, -0.25) is 10.1 Å². The van der Waals surface area contributed by atoms with Crippen LogP contribution in [-0.4, -0.2) is 4.92 Å². The smallest absolute Gasteiger partial charge is 0.258 e. The van der Waals surface area contributed by atoms with E-state index >= 15 is 0 Å². The van der Waals surface area contributed by atoms with Crippen LogP contribution in [0.25, 0.3) is 0 Å². The van der Waals surface area contributed by atoms with E-state index in [1.54, 1.807) is 12.1 Å². The lowest BCUT2D eigenvalue weighted by Gasteiger charge is -1.91.